The zero-order chi connectivity index (χ0) is 10.3. The summed E-state index contributed by atoms with van der Waals surface area (Å²) in [6, 6.07) is 13.7. The molecule has 0 saturated carbocycles. The van der Waals surface area contributed by atoms with Gasteiger partial charge in [-0.2, -0.15) is 0 Å². The van der Waals surface area contributed by atoms with Gasteiger partial charge in [-0.3, -0.25) is 4.98 Å². The number of rotatable bonds is 4. The third-order valence-corrected chi connectivity index (χ3v) is 2.00. The minimum Gasteiger partial charge on any atom is -0.493 e. The number of hydrogen-bond donors (Lipinski definition) is 0. The van der Waals surface area contributed by atoms with E-state index in [4.69, 9.17) is 4.74 Å². The number of benzene rings is 1. The molecule has 2 rings (SSSR count). The summed E-state index contributed by atoms with van der Waals surface area (Å²) in [5.41, 5.74) is 1.08. The Morgan fingerprint density at radius 2 is 1.93 bits per heavy atom. The fourth-order valence-corrected chi connectivity index (χ4v) is 1.25. The van der Waals surface area contributed by atoms with E-state index >= 15 is 0 Å². The van der Waals surface area contributed by atoms with Crippen LogP contribution in [-0.4, -0.2) is 11.6 Å². The van der Waals surface area contributed by atoms with Crippen molar-refractivity contribution in [3.05, 3.63) is 66.8 Å². The standard InChI is InChI=1S/C13H12NO/c1-2-6-13(7-3-1)15-10-8-12-5-4-9-14-11-12/h1-9,11H,10H2. The molecule has 1 aromatic heterocycles. The maximum Gasteiger partial charge on any atom is 0.119 e. The lowest BCUT2D eigenvalue weighted by atomic mass is 10.2. The lowest BCUT2D eigenvalue weighted by molar-refractivity contribution is 0.352. The van der Waals surface area contributed by atoms with E-state index in [0.29, 0.717) is 6.61 Å². The van der Waals surface area contributed by atoms with Gasteiger partial charge in [-0.1, -0.05) is 24.3 Å². The first-order valence-corrected chi connectivity index (χ1v) is 4.86. The average Bonchev–Trinajstić information content (AvgIpc) is 2.32. The highest BCUT2D eigenvalue weighted by molar-refractivity contribution is 5.23. The maximum absolute atomic E-state index is 5.53. The molecule has 2 nitrogen and oxygen atoms in total. The molecule has 75 valence electrons. The van der Waals surface area contributed by atoms with Crippen molar-refractivity contribution in [2.75, 3.05) is 6.61 Å². The number of ether oxygens (including phenoxy) is 1. The number of pyridine rings is 1. The molecule has 0 saturated heterocycles. The first-order chi connectivity index (χ1) is 7.45. The van der Waals surface area contributed by atoms with Gasteiger partial charge in [0.1, 0.15) is 5.75 Å². The van der Waals surface area contributed by atoms with Crippen molar-refractivity contribution < 1.29 is 4.74 Å². The summed E-state index contributed by atoms with van der Waals surface area (Å²) < 4.78 is 5.53. The predicted molar refractivity (Wildman–Crippen MR) is 59.6 cm³/mol. The van der Waals surface area contributed by atoms with Gasteiger partial charge < -0.3 is 4.74 Å². The minimum atomic E-state index is 0.565. The van der Waals surface area contributed by atoms with E-state index < -0.39 is 0 Å². The van der Waals surface area contributed by atoms with E-state index in [9.17, 15) is 0 Å². The highest BCUT2D eigenvalue weighted by Gasteiger charge is 1.94. The van der Waals surface area contributed by atoms with Crippen LogP contribution < -0.4 is 4.74 Å². The van der Waals surface area contributed by atoms with Crippen LogP contribution in [0.5, 0.6) is 5.75 Å². The predicted octanol–water partition coefficient (Wildman–Crippen LogP) is 2.71. The van der Waals surface area contributed by atoms with Crippen LogP contribution in [0.3, 0.4) is 0 Å². The van der Waals surface area contributed by atoms with Crippen LogP contribution in [0.25, 0.3) is 0 Å². The van der Waals surface area contributed by atoms with Crippen LogP contribution in [0.15, 0.2) is 54.9 Å². The summed E-state index contributed by atoms with van der Waals surface area (Å²) in [4.78, 5) is 4.02. The first-order valence-electron chi connectivity index (χ1n) is 4.86. The van der Waals surface area contributed by atoms with Gasteiger partial charge in [0.25, 0.3) is 0 Å². The van der Waals surface area contributed by atoms with Crippen molar-refractivity contribution in [3.8, 4) is 5.75 Å². The smallest absolute Gasteiger partial charge is 0.119 e. The molecule has 0 aliphatic rings. The first kappa shape index (κ1) is 9.71. The van der Waals surface area contributed by atoms with Crippen molar-refractivity contribution in [3.63, 3.8) is 0 Å². The van der Waals surface area contributed by atoms with Crippen molar-refractivity contribution >= 4 is 0 Å². The Morgan fingerprint density at radius 1 is 1.07 bits per heavy atom. The minimum absolute atomic E-state index is 0.565. The molecule has 0 atom stereocenters. The second-order valence-electron chi connectivity index (χ2n) is 3.11. The van der Waals surface area contributed by atoms with E-state index in [-0.39, 0.29) is 0 Å². The zero-order valence-corrected chi connectivity index (χ0v) is 8.34. The molecule has 0 aliphatic carbocycles. The average molecular weight is 198 g/mol. The molecular formula is C13H12NO. The lowest BCUT2D eigenvalue weighted by Gasteiger charge is -2.04. The number of para-hydroxylation sites is 1. The van der Waals surface area contributed by atoms with Gasteiger partial charge in [0, 0.05) is 18.8 Å². The second kappa shape index (κ2) is 5.15. The molecule has 2 aromatic rings. The Kier molecular flexibility index (Phi) is 3.34. The number of aromatic nitrogens is 1. The quantitative estimate of drug-likeness (QED) is 0.753. The van der Waals surface area contributed by atoms with Crippen molar-refractivity contribution in [2.45, 2.75) is 0 Å². The molecule has 0 bridgehead atoms. The summed E-state index contributed by atoms with van der Waals surface area (Å²) in [5, 5.41) is 0. The summed E-state index contributed by atoms with van der Waals surface area (Å²) in [5.74, 6) is 0.887. The van der Waals surface area contributed by atoms with Crippen LogP contribution in [0.1, 0.15) is 5.56 Å². The van der Waals surface area contributed by atoms with Crippen LogP contribution in [0, 0.1) is 6.42 Å². The monoisotopic (exact) mass is 198 g/mol. The van der Waals surface area contributed by atoms with Crippen LogP contribution >= 0.6 is 0 Å². The Bertz CT molecular complexity index is 346. The molecule has 15 heavy (non-hydrogen) atoms. The number of nitrogens with zero attached hydrogens (tertiary/aromatic N) is 1. The SMILES string of the molecule is [CH](COc1ccccc1)c1cccnc1. The Hall–Kier alpha value is -1.83. The van der Waals surface area contributed by atoms with Gasteiger partial charge in [0.2, 0.25) is 0 Å². The van der Waals surface area contributed by atoms with Gasteiger partial charge in [0.15, 0.2) is 0 Å². The molecule has 0 aliphatic heterocycles. The Morgan fingerprint density at radius 3 is 2.67 bits per heavy atom. The van der Waals surface area contributed by atoms with E-state index in [2.05, 4.69) is 4.98 Å². The van der Waals surface area contributed by atoms with Gasteiger partial charge in [-0.15, -0.1) is 0 Å². The maximum atomic E-state index is 5.53. The van der Waals surface area contributed by atoms with Gasteiger partial charge in [-0.05, 0) is 23.8 Å². The highest BCUT2D eigenvalue weighted by Crippen LogP contribution is 2.09. The molecule has 0 fully saturated rings. The topological polar surface area (TPSA) is 22.1 Å². The van der Waals surface area contributed by atoms with E-state index in [1.165, 1.54) is 0 Å². The molecule has 1 radical (unpaired) electrons. The van der Waals surface area contributed by atoms with Crippen LogP contribution in [-0.2, 0) is 0 Å². The molecule has 0 unspecified atom stereocenters. The van der Waals surface area contributed by atoms with E-state index in [0.717, 1.165) is 11.3 Å². The van der Waals surface area contributed by atoms with E-state index in [1.54, 1.807) is 6.20 Å². The largest absolute Gasteiger partial charge is 0.493 e. The summed E-state index contributed by atoms with van der Waals surface area (Å²) >= 11 is 0. The van der Waals surface area contributed by atoms with Gasteiger partial charge in [-0.25, -0.2) is 0 Å². The van der Waals surface area contributed by atoms with E-state index in [1.807, 2.05) is 55.1 Å². The van der Waals surface area contributed by atoms with Crippen molar-refractivity contribution in [1.29, 1.82) is 0 Å². The van der Waals surface area contributed by atoms with Gasteiger partial charge >= 0.3 is 0 Å². The third kappa shape index (κ3) is 3.09. The second-order valence-corrected chi connectivity index (χ2v) is 3.11. The fourth-order valence-electron chi connectivity index (χ4n) is 1.25. The zero-order valence-electron chi connectivity index (χ0n) is 8.34. The molecule has 0 amide bonds. The Labute approximate surface area is 89.6 Å². The normalized spacial score (nSPS) is 9.87. The highest BCUT2D eigenvalue weighted by atomic mass is 16.5. The molecule has 0 spiro atoms. The Balaban J connectivity index is 1.81. The summed E-state index contributed by atoms with van der Waals surface area (Å²) in [7, 11) is 0. The van der Waals surface area contributed by atoms with Crippen LogP contribution in [0.2, 0.25) is 0 Å². The molecule has 1 aromatic carbocycles. The number of hydrogen-bond acceptors (Lipinski definition) is 2. The van der Waals surface area contributed by atoms with Crippen molar-refractivity contribution in [1.82, 2.24) is 4.98 Å². The molecule has 0 N–H and O–H groups in total. The molecule has 2 heteroatoms. The third-order valence-electron chi connectivity index (χ3n) is 2.00. The van der Waals surface area contributed by atoms with Crippen molar-refractivity contribution in [2.24, 2.45) is 0 Å². The van der Waals surface area contributed by atoms with Gasteiger partial charge in [0.05, 0.1) is 6.61 Å². The molecular weight excluding hydrogens is 186 g/mol. The lowest BCUT2D eigenvalue weighted by Crippen LogP contribution is -1.98. The summed E-state index contributed by atoms with van der Waals surface area (Å²) in [6.45, 7) is 0.565. The van der Waals surface area contributed by atoms with Crippen LogP contribution in [0.4, 0.5) is 0 Å². The molecule has 1 heterocycles. The fraction of sp³-hybridized carbons (Fsp3) is 0.0769. The summed E-state index contributed by atoms with van der Waals surface area (Å²) in [6.07, 6.45) is 5.57.